The normalized spacial score (nSPS) is 15.2. The Balaban J connectivity index is 1.68. The van der Waals surface area contributed by atoms with Gasteiger partial charge in [0.2, 0.25) is 0 Å². The molecule has 0 atom stereocenters. The van der Waals surface area contributed by atoms with Crippen LogP contribution in [0.2, 0.25) is 0 Å². The molecule has 27 heavy (non-hydrogen) atoms. The first-order valence-electron chi connectivity index (χ1n) is 8.63. The highest BCUT2D eigenvalue weighted by atomic mass is 32.2. The molecule has 0 spiro atoms. The van der Waals surface area contributed by atoms with Crippen molar-refractivity contribution >= 4 is 15.7 Å². The van der Waals surface area contributed by atoms with Gasteiger partial charge in [-0.3, -0.25) is 4.79 Å². The van der Waals surface area contributed by atoms with Crippen LogP contribution in [0.4, 0.5) is 0 Å². The highest BCUT2D eigenvalue weighted by Crippen LogP contribution is 2.26. The number of nitrogens with zero attached hydrogens (tertiary/aromatic N) is 2. The second-order valence-corrected chi connectivity index (χ2v) is 8.63. The topological polar surface area (TPSA) is 87.5 Å². The SMILES string of the molecule is COc1ccc(S(=O)(=O)C2CCN(C(=O)c3cccc(C#N)c3)CC2)cc1. The molecule has 0 saturated carbocycles. The van der Waals surface area contributed by atoms with Gasteiger partial charge in [0, 0.05) is 18.7 Å². The van der Waals surface area contributed by atoms with Crippen LogP contribution in [0, 0.1) is 11.3 Å². The molecule has 2 aromatic carbocycles. The smallest absolute Gasteiger partial charge is 0.253 e. The molecular formula is C20H20N2O4S. The van der Waals surface area contributed by atoms with Gasteiger partial charge < -0.3 is 9.64 Å². The van der Waals surface area contributed by atoms with Crippen molar-refractivity contribution < 1.29 is 17.9 Å². The average Bonchev–Trinajstić information content (AvgIpc) is 2.73. The first-order valence-corrected chi connectivity index (χ1v) is 10.2. The Labute approximate surface area is 158 Å². The number of methoxy groups -OCH3 is 1. The molecule has 3 rings (SSSR count). The van der Waals surface area contributed by atoms with Crippen molar-refractivity contribution in [1.29, 1.82) is 5.26 Å². The quantitative estimate of drug-likeness (QED) is 0.809. The fraction of sp³-hybridized carbons (Fsp3) is 0.300. The summed E-state index contributed by atoms with van der Waals surface area (Å²) >= 11 is 0. The minimum atomic E-state index is -3.45. The zero-order valence-electron chi connectivity index (χ0n) is 15.0. The highest BCUT2D eigenvalue weighted by molar-refractivity contribution is 7.92. The van der Waals surface area contributed by atoms with Crippen LogP contribution in [0.5, 0.6) is 5.75 Å². The molecule has 1 fully saturated rings. The third kappa shape index (κ3) is 3.96. The van der Waals surface area contributed by atoms with Gasteiger partial charge in [-0.1, -0.05) is 6.07 Å². The number of hydrogen-bond acceptors (Lipinski definition) is 5. The van der Waals surface area contributed by atoms with E-state index in [4.69, 9.17) is 10.00 Å². The number of hydrogen-bond donors (Lipinski definition) is 0. The predicted molar refractivity (Wildman–Crippen MR) is 100 cm³/mol. The Morgan fingerprint density at radius 2 is 1.81 bits per heavy atom. The number of likely N-dealkylation sites (tertiary alicyclic amines) is 1. The summed E-state index contributed by atoms with van der Waals surface area (Å²) in [5.41, 5.74) is 0.878. The Kier molecular flexibility index (Phi) is 5.47. The van der Waals surface area contributed by atoms with Gasteiger partial charge >= 0.3 is 0 Å². The predicted octanol–water partition coefficient (Wildman–Crippen LogP) is 2.65. The van der Waals surface area contributed by atoms with Crippen molar-refractivity contribution in [1.82, 2.24) is 4.90 Å². The number of carbonyl (C=O) groups is 1. The van der Waals surface area contributed by atoms with E-state index in [1.54, 1.807) is 53.4 Å². The minimum absolute atomic E-state index is 0.174. The summed E-state index contributed by atoms with van der Waals surface area (Å²) in [4.78, 5) is 14.5. The van der Waals surface area contributed by atoms with Crippen LogP contribution in [0.1, 0.15) is 28.8 Å². The molecule has 2 aromatic rings. The van der Waals surface area contributed by atoms with Crippen LogP contribution >= 0.6 is 0 Å². The molecule has 1 aliphatic rings. The van der Waals surface area contributed by atoms with Gasteiger partial charge in [0.15, 0.2) is 9.84 Å². The van der Waals surface area contributed by atoms with Gasteiger partial charge in [-0.05, 0) is 55.3 Å². The van der Waals surface area contributed by atoms with E-state index in [9.17, 15) is 13.2 Å². The third-order valence-corrected chi connectivity index (χ3v) is 7.07. The lowest BCUT2D eigenvalue weighted by Crippen LogP contribution is -2.42. The summed E-state index contributed by atoms with van der Waals surface area (Å²) in [6.45, 7) is 0.741. The van der Waals surface area contributed by atoms with Crippen molar-refractivity contribution in [2.75, 3.05) is 20.2 Å². The molecule has 140 valence electrons. The zero-order chi connectivity index (χ0) is 19.4. The van der Waals surface area contributed by atoms with E-state index in [2.05, 4.69) is 0 Å². The summed E-state index contributed by atoms with van der Waals surface area (Å²) in [7, 11) is -1.92. The lowest BCUT2D eigenvalue weighted by molar-refractivity contribution is 0.0725. The van der Waals surface area contributed by atoms with Gasteiger partial charge in [-0.15, -0.1) is 0 Å². The molecule has 0 bridgehead atoms. The molecule has 0 N–H and O–H groups in total. The van der Waals surface area contributed by atoms with Crippen LogP contribution in [-0.4, -0.2) is 44.7 Å². The van der Waals surface area contributed by atoms with Crippen molar-refractivity contribution in [3.05, 3.63) is 59.7 Å². The van der Waals surface area contributed by atoms with Crippen LogP contribution in [0.3, 0.4) is 0 Å². The number of piperidine rings is 1. The summed E-state index contributed by atoms with van der Waals surface area (Å²) < 4.78 is 30.7. The number of ether oxygens (including phenoxy) is 1. The van der Waals surface area contributed by atoms with Crippen LogP contribution in [-0.2, 0) is 9.84 Å². The fourth-order valence-corrected chi connectivity index (χ4v) is 4.96. The largest absolute Gasteiger partial charge is 0.497 e. The zero-order valence-corrected chi connectivity index (χ0v) is 15.8. The maximum atomic E-state index is 12.8. The first-order chi connectivity index (χ1) is 13.0. The summed E-state index contributed by atoms with van der Waals surface area (Å²) in [5.74, 6) is 0.432. The molecule has 0 unspecified atom stereocenters. The molecule has 6 nitrogen and oxygen atoms in total. The molecular weight excluding hydrogens is 364 g/mol. The molecule has 1 saturated heterocycles. The van der Waals surface area contributed by atoms with Gasteiger partial charge in [0.25, 0.3) is 5.91 Å². The van der Waals surface area contributed by atoms with Crippen molar-refractivity contribution in [3.63, 3.8) is 0 Å². The van der Waals surface area contributed by atoms with Gasteiger partial charge in [-0.2, -0.15) is 5.26 Å². The maximum Gasteiger partial charge on any atom is 0.253 e. The van der Waals surface area contributed by atoms with Crippen LogP contribution < -0.4 is 4.74 Å². The average molecular weight is 384 g/mol. The Morgan fingerprint density at radius 1 is 1.15 bits per heavy atom. The Morgan fingerprint density at radius 3 is 2.41 bits per heavy atom. The monoisotopic (exact) mass is 384 g/mol. The standard InChI is InChI=1S/C20H20N2O4S/c1-26-17-5-7-18(8-6-17)27(24,25)19-9-11-22(12-10-19)20(23)16-4-2-3-15(13-16)14-21/h2-8,13,19H,9-12H2,1H3. The van der Waals surface area contributed by atoms with Crippen molar-refractivity contribution in [2.45, 2.75) is 23.0 Å². The molecule has 1 amide bonds. The van der Waals surface area contributed by atoms with E-state index in [1.165, 1.54) is 7.11 Å². The lowest BCUT2D eigenvalue weighted by atomic mass is 10.1. The van der Waals surface area contributed by atoms with Gasteiger partial charge in [0.05, 0.1) is 28.9 Å². The number of rotatable bonds is 4. The second kappa shape index (κ2) is 7.80. The third-order valence-electron chi connectivity index (χ3n) is 4.79. The molecule has 7 heteroatoms. The summed E-state index contributed by atoms with van der Waals surface area (Å²) in [6.07, 6.45) is 0.774. The number of benzene rings is 2. The van der Waals surface area contributed by atoms with E-state index in [1.807, 2.05) is 6.07 Å². The highest BCUT2D eigenvalue weighted by Gasteiger charge is 2.33. The van der Waals surface area contributed by atoms with Gasteiger partial charge in [-0.25, -0.2) is 8.42 Å². The summed E-state index contributed by atoms with van der Waals surface area (Å²) in [5, 5.41) is 8.46. The Hall–Kier alpha value is -2.85. The Bertz CT molecular complexity index is 970. The lowest BCUT2D eigenvalue weighted by Gasteiger charge is -2.31. The van der Waals surface area contributed by atoms with Crippen molar-refractivity contribution in [3.8, 4) is 11.8 Å². The van der Waals surface area contributed by atoms with Crippen molar-refractivity contribution in [2.24, 2.45) is 0 Å². The number of sulfone groups is 1. The minimum Gasteiger partial charge on any atom is -0.497 e. The number of carbonyl (C=O) groups excluding carboxylic acids is 1. The van der Waals surface area contributed by atoms with E-state index >= 15 is 0 Å². The van der Waals surface area contributed by atoms with E-state index < -0.39 is 15.1 Å². The van der Waals surface area contributed by atoms with E-state index in [0.717, 1.165) is 0 Å². The van der Waals surface area contributed by atoms with E-state index in [0.29, 0.717) is 42.8 Å². The van der Waals surface area contributed by atoms with Crippen LogP contribution in [0.15, 0.2) is 53.4 Å². The molecule has 0 aliphatic carbocycles. The maximum absolute atomic E-state index is 12.8. The first kappa shape index (κ1) is 18.9. The summed E-state index contributed by atoms with van der Waals surface area (Å²) in [6, 6.07) is 14.9. The fourth-order valence-electron chi connectivity index (χ4n) is 3.23. The second-order valence-electron chi connectivity index (χ2n) is 6.40. The molecule has 1 heterocycles. The van der Waals surface area contributed by atoms with Gasteiger partial charge in [0.1, 0.15) is 5.75 Å². The van der Waals surface area contributed by atoms with E-state index in [-0.39, 0.29) is 10.8 Å². The molecule has 0 aromatic heterocycles. The number of nitriles is 1. The van der Waals surface area contributed by atoms with Crippen LogP contribution in [0.25, 0.3) is 0 Å². The molecule has 0 radical (unpaired) electrons. The molecule has 1 aliphatic heterocycles. The number of amides is 1.